The highest BCUT2D eigenvalue weighted by Crippen LogP contribution is 2.52. The van der Waals surface area contributed by atoms with Crippen molar-refractivity contribution in [3.8, 4) is 11.1 Å². The van der Waals surface area contributed by atoms with Gasteiger partial charge in [0, 0.05) is 11.1 Å². The van der Waals surface area contributed by atoms with Crippen molar-refractivity contribution in [1.82, 2.24) is 10.2 Å². The Morgan fingerprint density at radius 1 is 1.26 bits per heavy atom. The summed E-state index contributed by atoms with van der Waals surface area (Å²) in [5.41, 5.74) is 3.85. The Hall–Kier alpha value is -1.13. The summed E-state index contributed by atoms with van der Waals surface area (Å²) in [7, 11) is 3.30. The standard InChI is InChI=1S/C18H17N3OS5/c1-9-5-6-12-11(7-9)14-15(26-27-16(14)23)18(3,4)21(12)13(22)8-24-17-20-19-10(2)25-17/h5-7H,8H2,1-4H3. The van der Waals surface area contributed by atoms with E-state index in [9.17, 15) is 4.79 Å². The Kier molecular flexibility index (Phi) is 5.00. The van der Waals surface area contributed by atoms with Gasteiger partial charge in [-0.1, -0.05) is 67.6 Å². The number of carbonyl (C=O) groups is 1. The summed E-state index contributed by atoms with van der Waals surface area (Å²) in [6.07, 6.45) is 0. The Morgan fingerprint density at radius 3 is 2.74 bits per heavy atom. The lowest BCUT2D eigenvalue weighted by atomic mass is 9.87. The average Bonchev–Trinajstić information content (AvgIpc) is 3.20. The normalized spacial score (nSPS) is 14.7. The number of hydrogen-bond acceptors (Lipinski definition) is 8. The number of amides is 1. The second-order valence-electron chi connectivity index (χ2n) is 6.84. The van der Waals surface area contributed by atoms with E-state index in [1.165, 1.54) is 28.0 Å². The quantitative estimate of drug-likeness (QED) is 0.276. The predicted octanol–water partition coefficient (Wildman–Crippen LogP) is 6.05. The van der Waals surface area contributed by atoms with Crippen LogP contribution in [0.2, 0.25) is 0 Å². The maximum atomic E-state index is 13.3. The molecule has 27 heavy (non-hydrogen) atoms. The van der Waals surface area contributed by atoms with Gasteiger partial charge >= 0.3 is 0 Å². The monoisotopic (exact) mass is 451 g/mol. The zero-order chi connectivity index (χ0) is 19.3. The van der Waals surface area contributed by atoms with E-state index in [0.29, 0.717) is 5.75 Å². The molecule has 2 aromatic heterocycles. The van der Waals surface area contributed by atoms with Crippen LogP contribution < -0.4 is 4.90 Å². The lowest BCUT2D eigenvalue weighted by Crippen LogP contribution is -2.48. The minimum atomic E-state index is -0.440. The van der Waals surface area contributed by atoms with Crippen LogP contribution in [0.5, 0.6) is 0 Å². The highest BCUT2D eigenvalue weighted by molar-refractivity contribution is 8.01. The van der Waals surface area contributed by atoms with Crippen LogP contribution in [0.15, 0.2) is 22.5 Å². The van der Waals surface area contributed by atoms with Crippen LogP contribution in [-0.2, 0) is 10.3 Å². The smallest absolute Gasteiger partial charge is 0.238 e. The number of carbonyl (C=O) groups excluding carboxylic acids is 1. The molecule has 0 unspecified atom stereocenters. The van der Waals surface area contributed by atoms with Gasteiger partial charge in [-0.25, -0.2) is 0 Å². The molecule has 1 aliphatic heterocycles. The summed E-state index contributed by atoms with van der Waals surface area (Å²) in [4.78, 5) is 16.4. The van der Waals surface area contributed by atoms with Gasteiger partial charge < -0.3 is 4.90 Å². The number of fused-ring (bicyclic) bond motifs is 3. The van der Waals surface area contributed by atoms with Gasteiger partial charge in [0.1, 0.15) is 8.83 Å². The molecule has 0 atom stereocenters. The van der Waals surface area contributed by atoms with E-state index in [1.807, 2.05) is 17.9 Å². The van der Waals surface area contributed by atoms with Crippen molar-refractivity contribution in [3.05, 3.63) is 37.5 Å². The lowest BCUT2D eigenvalue weighted by Gasteiger charge is -2.43. The van der Waals surface area contributed by atoms with Crippen LogP contribution in [0, 0.1) is 17.7 Å². The number of benzene rings is 1. The van der Waals surface area contributed by atoms with Crippen molar-refractivity contribution in [2.24, 2.45) is 0 Å². The molecule has 1 amide bonds. The second-order valence-corrected chi connectivity index (χ2v) is 12.1. The van der Waals surface area contributed by atoms with Crippen LogP contribution in [0.1, 0.15) is 29.3 Å². The highest BCUT2D eigenvalue weighted by Gasteiger charge is 2.42. The fourth-order valence-corrected chi connectivity index (χ4v) is 8.26. The molecule has 3 aromatic rings. The van der Waals surface area contributed by atoms with Crippen molar-refractivity contribution in [3.63, 3.8) is 0 Å². The van der Waals surface area contributed by atoms with Crippen molar-refractivity contribution >= 4 is 67.6 Å². The third kappa shape index (κ3) is 3.29. The van der Waals surface area contributed by atoms with Gasteiger partial charge in [-0.05, 0) is 39.8 Å². The number of anilines is 1. The summed E-state index contributed by atoms with van der Waals surface area (Å²) >= 11 is 8.59. The topological polar surface area (TPSA) is 46.1 Å². The molecule has 3 heterocycles. The number of hydrogen-bond donors (Lipinski definition) is 0. The first-order valence-electron chi connectivity index (χ1n) is 8.29. The number of nitrogens with zero attached hydrogens (tertiary/aromatic N) is 3. The second kappa shape index (κ2) is 7.04. The van der Waals surface area contributed by atoms with Gasteiger partial charge in [0.2, 0.25) is 5.91 Å². The number of rotatable bonds is 3. The minimum Gasteiger partial charge on any atom is -0.301 e. The van der Waals surface area contributed by atoms with Gasteiger partial charge in [-0.3, -0.25) is 4.79 Å². The van der Waals surface area contributed by atoms with Gasteiger partial charge in [0.15, 0.2) is 4.34 Å². The fraction of sp³-hybridized carbons (Fsp3) is 0.333. The Morgan fingerprint density at radius 2 is 2.04 bits per heavy atom. The predicted molar refractivity (Wildman–Crippen MR) is 119 cm³/mol. The third-order valence-electron chi connectivity index (χ3n) is 4.48. The first kappa shape index (κ1) is 19.2. The van der Waals surface area contributed by atoms with Crippen molar-refractivity contribution in [2.75, 3.05) is 10.7 Å². The molecule has 0 spiro atoms. The molecule has 1 aliphatic rings. The molecule has 0 bridgehead atoms. The molecule has 4 rings (SSSR count). The summed E-state index contributed by atoms with van der Waals surface area (Å²) in [5, 5.41) is 9.05. The fourth-order valence-electron chi connectivity index (χ4n) is 3.31. The van der Waals surface area contributed by atoms with Crippen molar-refractivity contribution in [2.45, 2.75) is 37.6 Å². The molecule has 9 heteroatoms. The average molecular weight is 452 g/mol. The van der Waals surface area contributed by atoms with Crippen LogP contribution in [0.25, 0.3) is 11.1 Å². The van der Waals surface area contributed by atoms with E-state index in [1.54, 1.807) is 20.7 Å². The SMILES string of the molecule is Cc1ccc2c(c1)-c1c(ssc1=S)C(C)(C)N2C(=O)CSc1nnc(C)s1. The van der Waals surface area contributed by atoms with E-state index in [4.69, 9.17) is 12.2 Å². The Balaban J connectivity index is 1.76. The first-order valence-corrected chi connectivity index (χ1v) is 12.7. The first-order chi connectivity index (χ1) is 12.8. The molecule has 0 saturated carbocycles. The molecule has 0 fully saturated rings. The molecule has 0 radical (unpaired) electrons. The molecule has 4 nitrogen and oxygen atoms in total. The van der Waals surface area contributed by atoms with Crippen LogP contribution in [0.3, 0.4) is 0 Å². The van der Waals surface area contributed by atoms with E-state index in [2.05, 4.69) is 43.1 Å². The number of aromatic nitrogens is 2. The van der Waals surface area contributed by atoms with Gasteiger partial charge in [0.05, 0.1) is 21.9 Å². The van der Waals surface area contributed by atoms with Crippen LogP contribution in [-0.4, -0.2) is 21.9 Å². The molecule has 140 valence electrons. The number of thioether (sulfide) groups is 1. The van der Waals surface area contributed by atoms with E-state index in [-0.39, 0.29) is 5.91 Å². The zero-order valence-corrected chi connectivity index (χ0v) is 19.3. The van der Waals surface area contributed by atoms with Crippen molar-refractivity contribution < 1.29 is 4.79 Å². The zero-order valence-electron chi connectivity index (χ0n) is 15.2. The third-order valence-corrected chi connectivity index (χ3v) is 9.77. The van der Waals surface area contributed by atoms with Crippen LogP contribution in [0.4, 0.5) is 5.69 Å². The van der Waals surface area contributed by atoms with Gasteiger partial charge in [-0.15, -0.1) is 10.2 Å². The summed E-state index contributed by atoms with van der Waals surface area (Å²) in [6.45, 7) is 8.19. The van der Waals surface area contributed by atoms with Crippen molar-refractivity contribution in [1.29, 1.82) is 0 Å². The Bertz CT molecular complexity index is 1090. The molecule has 0 aliphatic carbocycles. The largest absolute Gasteiger partial charge is 0.301 e. The summed E-state index contributed by atoms with van der Waals surface area (Å²) in [6, 6.07) is 6.24. The molecule has 1 aromatic carbocycles. The van der Waals surface area contributed by atoms with Gasteiger partial charge in [-0.2, -0.15) is 0 Å². The lowest BCUT2D eigenvalue weighted by molar-refractivity contribution is -0.117. The highest BCUT2D eigenvalue weighted by atomic mass is 32.9. The van der Waals surface area contributed by atoms with Crippen LogP contribution >= 0.6 is 56.0 Å². The molecule has 0 saturated heterocycles. The summed E-state index contributed by atoms with van der Waals surface area (Å²) in [5.74, 6) is 0.397. The van der Waals surface area contributed by atoms with E-state index < -0.39 is 5.54 Å². The molecular weight excluding hydrogens is 435 g/mol. The molecular formula is C18H17N3OS5. The number of aryl methyl sites for hydroxylation is 2. The van der Waals surface area contributed by atoms with Gasteiger partial charge in [0.25, 0.3) is 0 Å². The maximum Gasteiger partial charge on any atom is 0.238 e. The molecule has 0 N–H and O–H groups in total. The maximum absolute atomic E-state index is 13.3. The minimum absolute atomic E-state index is 0.0675. The van der Waals surface area contributed by atoms with E-state index >= 15 is 0 Å². The van der Waals surface area contributed by atoms with E-state index in [0.717, 1.165) is 35.5 Å². The summed E-state index contributed by atoms with van der Waals surface area (Å²) < 4.78 is 1.73. The Labute approximate surface area is 178 Å².